The Kier molecular flexibility index (Phi) is 4.56. The normalized spacial score (nSPS) is 18.5. The van der Waals surface area contributed by atoms with Crippen molar-refractivity contribution in [2.75, 3.05) is 21.5 Å². The van der Waals surface area contributed by atoms with E-state index in [9.17, 15) is 21.6 Å². The maximum absolute atomic E-state index is 12.3. The molecule has 9 nitrogen and oxygen atoms in total. The summed E-state index contributed by atoms with van der Waals surface area (Å²) >= 11 is 0. The summed E-state index contributed by atoms with van der Waals surface area (Å²) < 4.78 is 49.7. The van der Waals surface area contributed by atoms with Gasteiger partial charge in [0.25, 0.3) is 0 Å². The molecule has 0 bridgehead atoms. The Morgan fingerprint density at radius 2 is 1.81 bits per heavy atom. The molecular formula is C20H20N4O5S2. The van der Waals surface area contributed by atoms with Gasteiger partial charge >= 0.3 is 0 Å². The Labute approximate surface area is 179 Å². The number of aromatic amines is 1. The van der Waals surface area contributed by atoms with Crippen LogP contribution < -0.4 is 10.0 Å². The molecule has 0 atom stereocenters. The van der Waals surface area contributed by atoms with E-state index in [1.807, 2.05) is 6.07 Å². The van der Waals surface area contributed by atoms with E-state index in [1.165, 1.54) is 0 Å². The van der Waals surface area contributed by atoms with Gasteiger partial charge in [-0.3, -0.25) is 9.52 Å². The number of amides is 1. The van der Waals surface area contributed by atoms with Gasteiger partial charge in [-0.25, -0.2) is 21.8 Å². The van der Waals surface area contributed by atoms with E-state index in [0.29, 0.717) is 17.2 Å². The largest absolute Gasteiger partial charge is 0.346 e. The van der Waals surface area contributed by atoms with Gasteiger partial charge in [-0.2, -0.15) is 0 Å². The fourth-order valence-corrected chi connectivity index (χ4v) is 7.92. The van der Waals surface area contributed by atoms with Gasteiger partial charge in [0.15, 0.2) is 9.84 Å². The molecule has 1 aliphatic carbocycles. The van der Waals surface area contributed by atoms with Crippen molar-refractivity contribution in [3.8, 4) is 11.1 Å². The Hall–Kier alpha value is -2.92. The van der Waals surface area contributed by atoms with Gasteiger partial charge < -0.3 is 10.3 Å². The molecule has 162 valence electrons. The van der Waals surface area contributed by atoms with Gasteiger partial charge in [0.2, 0.25) is 15.9 Å². The summed E-state index contributed by atoms with van der Waals surface area (Å²) in [6, 6.07) is 10.5. The minimum Gasteiger partial charge on any atom is -0.346 e. The molecule has 2 aliphatic rings. The third-order valence-corrected chi connectivity index (χ3v) is 9.48. The van der Waals surface area contributed by atoms with E-state index < -0.39 is 25.1 Å². The Bertz CT molecular complexity index is 1380. The summed E-state index contributed by atoms with van der Waals surface area (Å²) in [6.45, 7) is 0. The summed E-state index contributed by atoms with van der Waals surface area (Å²) in [5.41, 5.74) is 2.66. The molecule has 1 amide bonds. The van der Waals surface area contributed by atoms with E-state index in [4.69, 9.17) is 0 Å². The fourth-order valence-electron chi connectivity index (χ4n) is 3.58. The number of nitrogens with zero attached hydrogens (tertiary/aromatic N) is 1. The van der Waals surface area contributed by atoms with Crippen LogP contribution in [0, 0.1) is 5.92 Å². The number of hydrogen-bond acceptors (Lipinski definition) is 6. The number of sulfonamides is 1. The molecule has 3 aromatic rings. The van der Waals surface area contributed by atoms with Crippen LogP contribution in [0.25, 0.3) is 22.2 Å². The van der Waals surface area contributed by atoms with Crippen LogP contribution in [0.4, 0.5) is 11.5 Å². The van der Waals surface area contributed by atoms with Crippen molar-refractivity contribution in [1.82, 2.24) is 9.97 Å². The van der Waals surface area contributed by atoms with Crippen LogP contribution in [-0.2, 0) is 24.7 Å². The Morgan fingerprint density at radius 1 is 1.10 bits per heavy atom. The van der Waals surface area contributed by atoms with Gasteiger partial charge in [0, 0.05) is 23.2 Å². The highest BCUT2D eigenvalue weighted by Crippen LogP contribution is 2.33. The smallest absolute Gasteiger partial charge is 0.237 e. The van der Waals surface area contributed by atoms with Crippen molar-refractivity contribution in [1.29, 1.82) is 0 Å². The number of anilines is 2. The predicted molar refractivity (Wildman–Crippen MR) is 118 cm³/mol. The molecule has 0 radical (unpaired) electrons. The summed E-state index contributed by atoms with van der Waals surface area (Å²) in [5, 5.41) is 2.81. The molecule has 31 heavy (non-hydrogen) atoms. The maximum Gasteiger partial charge on any atom is 0.237 e. The highest BCUT2D eigenvalue weighted by atomic mass is 32.2. The fraction of sp³-hybridized carbons (Fsp3) is 0.300. The van der Waals surface area contributed by atoms with E-state index >= 15 is 0 Å². The van der Waals surface area contributed by atoms with Crippen molar-refractivity contribution in [3.05, 3.63) is 42.6 Å². The lowest BCUT2D eigenvalue weighted by Crippen LogP contribution is -2.48. The average molecular weight is 461 g/mol. The molecule has 1 saturated carbocycles. The number of fused-ring (bicyclic) bond motifs is 1. The van der Waals surface area contributed by atoms with Crippen molar-refractivity contribution >= 4 is 48.3 Å². The third kappa shape index (κ3) is 4.02. The predicted octanol–water partition coefficient (Wildman–Crippen LogP) is 2.12. The quantitative estimate of drug-likeness (QED) is 0.515. The first-order valence-corrected chi connectivity index (χ1v) is 13.2. The molecule has 1 aliphatic heterocycles. The minimum atomic E-state index is -3.76. The van der Waals surface area contributed by atoms with Gasteiger partial charge in [-0.1, -0.05) is 12.1 Å². The average Bonchev–Trinajstić information content (AvgIpc) is 3.44. The second-order valence-electron chi connectivity index (χ2n) is 7.98. The molecule has 1 aromatic carbocycles. The molecule has 0 unspecified atom stereocenters. The number of carbonyl (C=O) groups is 1. The lowest BCUT2D eigenvalue weighted by molar-refractivity contribution is -0.117. The number of rotatable bonds is 6. The van der Waals surface area contributed by atoms with Crippen LogP contribution in [0.3, 0.4) is 0 Å². The van der Waals surface area contributed by atoms with Crippen molar-refractivity contribution in [2.45, 2.75) is 18.1 Å². The number of carbonyl (C=O) groups excluding carboxylic acids is 1. The van der Waals surface area contributed by atoms with Crippen LogP contribution in [0.15, 0.2) is 42.6 Å². The Morgan fingerprint density at radius 3 is 2.45 bits per heavy atom. The van der Waals surface area contributed by atoms with Crippen LogP contribution >= 0.6 is 0 Å². The minimum absolute atomic E-state index is 0.0351. The lowest BCUT2D eigenvalue weighted by atomic mass is 10.0. The van der Waals surface area contributed by atoms with E-state index in [-0.39, 0.29) is 23.3 Å². The number of hydrogen-bond donors (Lipinski definition) is 3. The van der Waals surface area contributed by atoms with Crippen LogP contribution in [0.2, 0.25) is 0 Å². The number of benzene rings is 1. The third-order valence-electron chi connectivity index (χ3n) is 5.50. The number of nitrogens with one attached hydrogen (secondary N) is 3. The molecule has 5 rings (SSSR count). The van der Waals surface area contributed by atoms with E-state index in [2.05, 4.69) is 20.0 Å². The SMILES string of the molecule is O=C(Nc1cc(-c2ccc(NS(=O)(=O)C3CS(=O)(=O)C3)cc2)c2cc[nH]c2n1)C1CC1. The number of sulfone groups is 1. The molecule has 2 fully saturated rings. The summed E-state index contributed by atoms with van der Waals surface area (Å²) in [7, 11) is -7.00. The van der Waals surface area contributed by atoms with Crippen molar-refractivity contribution < 1.29 is 21.6 Å². The topological polar surface area (TPSA) is 138 Å². The molecule has 0 spiro atoms. The molecule has 11 heteroatoms. The summed E-state index contributed by atoms with van der Waals surface area (Å²) in [4.78, 5) is 19.7. The molecule has 3 heterocycles. The lowest BCUT2D eigenvalue weighted by Gasteiger charge is -2.25. The van der Waals surface area contributed by atoms with Gasteiger partial charge in [-0.15, -0.1) is 0 Å². The van der Waals surface area contributed by atoms with Crippen LogP contribution in [0.1, 0.15) is 12.8 Å². The van der Waals surface area contributed by atoms with Gasteiger partial charge in [0.05, 0.1) is 11.5 Å². The first kappa shape index (κ1) is 20.0. The first-order chi connectivity index (χ1) is 14.7. The number of aromatic nitrogens is 2. The van der Waals surface area contributed by atoms with Gasteiger partial charge in [-0.05, 0) is 48.2 Å². The molecule has 3 N–H and O–H groups in total. The summed E-state index contributed by atoms with van der Waals surface area (Å²) in [6.07, 6.45) is 3.56. The first-order valence-electron chi connectivity index (χ1n) is 9.82. The van der Waals surface area contributed by atoms with E-state index in [1.54, 1.807) is 36.5 Å². The molecule has 1 saturated heterocycles. The van der Waals surface area contributed by atoms with E-state index in [0.717, 1.165) is 29.4 Å². The standard InChI is InChI=1S/C20H20N4O5S2/c25-20(13-1-2-13)23-18-9-17(16-7-8-21-19(16)22-18)12-3-5-14(6-4-12)24-31(28,29)15-10-30(26,27)11-15/h3-9,13,15,24H,1-2,10-11H2,(H2,21,22,23,25). The maximum atomic E-state index is 12.3. The highest BCUT2D eigenvalue weighted by Gasteiger charge is 2.42. The van der Waals surface area contributed by atoms with Crippen molar-refractivity contribution in [3.63, 3.8) is 0 Å². The van der Waals surface area contributed by atoms with Crippen LogP contribution in [-0.4, -0.2) is 49.5 Å². The monoisotopic (exact) mass is 460 g/mol. The zero-order valence-electron chi connectivity index (χ0n) is 16.3. The zero-order chi connectivity index (χ0) is 21.8. The number of pyridine rings is 1. The highest BCUT2D eigenvalue weighted by molar-refractivity contribution is 8.00. The van der Waals surface area contributed by atoms with Gasteiger partial charge in [0.1, 0.15) is 16.7 Å². The zero-order valence-corrected chi connectivity index (χ0v) is 18.0. The second kappa shape index (κ2) is 7.06. The molecule has 2 aromatic heterocycles. The summed E-state index contributed by atoms with van der Waals surface area (Å²) in [5.74, 6) is -0.219. The number of H-pyrrole nitrogens is 1. The second-order valence-corrected chi connectivity index (χ2v) is 12.1. The van der Waals surface area contributed by atoms with Crippen LogP contribution in [0.5, 0.6) is 0 Å². The molecular weight excluding hydrogens is 440 g/mol. The van der Waals surface area contributed by atoms with Crippen molar-refractivity contribution in [2.24, 2.45) is 5.92 Å². The Balaban J connectivity index is 1.40.